The molecular weight excluding hydrogens is 160 g/mol. The summed E-state index contributed by atoms with van der Waals surface area (Å²) in [6.45, 7) is 11.1. The number of carbonyl (C=O) groups is 1. The van der Waals surface area contributed by atoms with Gasteiger partial charge in [0.25, 0.3) is 0 Å². The van der Waals surface area contributed by atoms with Gasteiger partial charge in [0.15, 0.2) is 5.78 Å². The molecule has 1 heteroatoms. The van der Waals surface area contributed by atoms with Crippen LogP contribution in [-0.2, 0) is 4.79 Å². The van der Waals surface area contributed by atoms with Crippen molar-refractivity contribution in [1.29, 1.82) is 0 Å². The predicted molar refractivity (Wildman–Crippen MR) is 59.7 cm³/mol. The third kappa shape index (κ3) is 8.80. The SMILES string of the molecule is C=C/C=C(\C=C/CC)C(C)=O.CC. The lowest BCUT2D eigenvalue weighted by Crippen LogP contribution is -1.91. The number of allylic oxidation sites excluding steroid dienone is 5. The van der Waals surface area contributed by atoms with E-state index in [0.29, 0.717) is 5.57 Å². The van der Waals surface area contributed by atoms with Crippen molar-refractivity contribution < 1.29 is 4.79 Å². The topological polar surface area (TPSA) is 17.1 Å². The Bertz CT molecular complexity index is 197. The van der Waals surface area contributed by atoms with E-state index in [-0.39, 0.29) is 5.78 Å². The van der Waals surface area contributed by atoms with E-state index in [2.05, 4.69) is 6.58 Å². The molecule has 0 amide bonds. The van der Waals surface area contributed by atoms with E-state index >= 15 is 0 Å². The normalized spacial score (nSPS) is 10.6. The Morgan fingerprint density at radius 2 is 1.92 bits per heavy atom. The number of hydrogen-bond acceptors (Lipinski definition) is 1. The van der Waals surface area contributed by atoms with E-state index in [1.165, 1.54) is 0 Å². The summed E-state index contributed by atoms with van der Waals surface area (Å²) >= 11 is 0. The van der Waals surface area contributed by atoms with Gasteiger partial charge in [-0.05, 0) is 13.3 Å². The number of ketones is 1. The highest BCUT2D eigenvalue weighted by Gasteiger charge is 1.95. The van der Waals surface area contributed by atoms with Crippen LogP contribution in [0, 0.1) is 0 Å². The van der Waals surface area contributed by atoms with Gasteiger partial charge in [0.2, 0.25) is 0 Å². The lowest BCUT2D eigenvalue weighted by atomic mass is 10.1. The zero-order chi connectivity index (χ0) is 10.7. The molecule has 0 bridgehead atoms. The monoisotopic (exact) mass is 180 g/mol. The van der Waals surface area contributed by atoms with Crippen molar-refractivity contribution in [2.24, 2.45) is 0 Å². The summed E-state index contributed by atoms with van der Waals surface area (Å²) in [6, 6.07) is 0. The lowest BCUT2D eigenvalue weighted by molar-refractivity contribution is -0.113. The zero-order valence-electron chi connectivity index (χ0n) is 9.13. The van der Waals surface area contributed by atoms with Crippen molar-refractivity contribution in [2.45, 2.75) is 34.1 Å². The maximum Gasteiger partial charge on any atom is 0.159 e. The van der Waals surface area contributed by atoms with Gasteiger partial charge in [-0.25, -0.2) is 0 Å². The standard InChI is InChI=1S/C10H14O.C2H6/c1-4-6-8-10(7-5-2)9(3)11;1-2/h5-8H,2,4H2,1,3H3;1-2H3/b8-6-,10-7+;. The van der Waals surface area contributed by atoms with Gasteiger partial charge in [0.05, 0.1) is 0 Å². The third-order valence-electron chi connectivity index (χ3n) is 1.24. The van der Waals surface area contributed by atoms with Crippen LogP contribution in [0.5, 0.6) is 0 Å². The highest BCUT2D eigenvalue weighted by atomic mass is 16.1. The molecule has 0 spiro atoms. The highest BCUT2D eigenvalue weighted by Crippen LogP contribution is 1.99. The Kier molecular flexibility index (Phi) is 12.1. The fourth-order valence-corrected chi connectivity index (χ4v) is 0.662. The van der Waals surface area contributed by atoms with Gasteiger partial charge in [-0.15, -0.1) is 0 Å². The van der Waals surface area contributed by atoms with Crippen molar-refractivity contribution in [3.8, 4) is 0 Å². The molecule has 0 aliphatic carbocycles. The molecule has 0 saturated heterocycles. The summed E-state index contributed by atoms with van der Waals surface area (Å²) in [5.41, 5.74) is 0.710. The van der Waals surface area contributed by atoms with Crippen LogP contribution in [0.2, 0.25) is 0 Å². The molecule has 13 heavy (non-hydrogen) atoms. The van der Waals surface area contributed by atoms with E-state index in [1.807, 2.05) is 32.9 Å². The molecule has 0 atom stereocenters. The maximum atomic E-state index is 10.9. The van der Waals surface area contributed by atoms with Gasteiger partial charge in [-0.1, -0.05) is 51.7 Å². The van der Waals surface area contributed by atoms with Gasteiger partial charge < -0.3 is 0 Å². The van der Waals surface area contributed by atoms with Gasteiger partial charge in [0, 0.05) is 5.57 Å². The molecule has 0 aliphatic rings. The van der Waals surface area contributed by atoms with Crippen molar-refractivity contribution in [3.63, 3.8) is 0 Å². The Hall–Kier alpha value is -1.11. The van der Waals surface area contributed by atoms with Crippen LogP contribution in [0.1, 0.15) is 34.1 Å². The fourth-order valence-electron chi connectivity index (χ4n) is 0.662. The van der Waals surface area contributed by atoms with Gasteiger partial charge in [-0.3, -0.25) is 4.79 Å². The molecule has 0 fully saturated rings. The molecule has 0 N–H and O–H groups in total. The van der Waals surface area contributed by atoms with Crippen LogP contribution in [-0.4, -0.2) is 5.78 Å². The molecule has 0 heterocycles. The van der Waals surface area contributed by atoms with E-state index in [4.69, 9.17) is 0 Å². The summed E-state index contributed by atoms with van der Waals surface area (Å²) in [5, 5.41) is 0. The van der Waals surface area contributed by atoms with Crippen LogP contribution in [0.4, 0.5) is 0 Å². The Balaban J connectivity index is 0. The van der Waals surface area contributed by atoms with Crippen LogP contribution in [0.25, 0.3) is 0 Å². The Morgan fingerprint density at radius 1 is 1.38 bits per heavy atom. The summed E-state index contributed by atoms with van der Waals surface area (Å²) in [5.74, 6) is 0.0783. The zero-order valence-corrected chi connectivity index (χ0v) is 9.13. The molecule has 0 rings (SSSR count). The van der Waals surface area contributed by atoms with Crippen molar-refractivity contribution in [2.75, 3.05) is 0 Å². The first-order valence-electron chi connectivity index (χ1n) is 4.72. The van der Waals surface area contributed by atoms with Crippen LogP contribution >= 0.6 is 0 Å². The Morgan fingerprint density at radius 3 is 2.23 bits per heavy atom. The summed E-state index contributed by atoms with van der Waals surface area (Å²) in [7, 11) is 0. The minimum Gasteiger partial charge on any atom is -0.295 e. The number of hydrogen-bond donors (Lipinski definition) is 0. The molecule has 0 saturated carbocycles. The second-order valence-electron chi connectivity index (χ2n) is 2.22. The third-order valence-corrected chi connectivity index (χ3v) is 1.24. The van der Waals surface area contributed by atoms with Crippen molar-refractivity contribution >= 4 is 5.78 Å². The van der Waals surface area contributed by atoms with E-state index in [9.17, 15) is 4.79 Å². The van der Waals surface area contributed by atoms with Gasteiger partial charge >= 0.3 is 0 Å². The molecule has 0 aromatic carbocycles. The fraction of sp³-hybridized carbons (Fsp3) is 0.417. The van der Waals surface area contributed by atoms with Crippen LogP contribution in [0.15, 0.2) is 36.5 Å². The second kappa shape index (κ2) is 10.9. The van der Waals surface area contributed by atoms with E-state index in [1.54, 1.807) is 19.1 Å². The molecule has 0 radical (unpaired) electrons. The average Bonchev–Trinajstić information content (AvgIpc) is 2.15. The largest absolute Gasteiger partial charge is 0.295 e. The smallest absolute Gasteiger partial charge is 0.159 e. The first-order valence-corrected chi connectivity index (χ1v) is 4.72. The quantitative estimate of drug-likeness (QED) is 0.476. The average molecular weight is 180 g/mol. The first-order chi connectivity index (χ1) is 6.22. The summed E-state index contributed by atoms with van der Waals surface area (Å²) in [6.07, 6.45) is 8.06. The molecule has 74 valence electrons. The first kappa shape index (κ1) is 14.4. The van der Waals surface area contributed by atoms with Crippen LogP contribution in [0.3, 0.4) is 0 Å². The van der Waals surface area contributed by atoms with Crippen LogP contribution < -0.4 is 0 Å². The number of carbonyl (C=O) groups excluding carboxylic acids is 1. The molecule has 0 aromatic rings. The Labute approximate surface area is 81.9 Å². The molecule has 0 aliphatic heterocycles. The minimum atomic E-state index is 0.0783. The predicted octanol–water partition coefficient (Wildman–Crippen LogP) is 3.68. The van der Waals surface area contributed by atoms with Crippen molar-refractivity contribution in [3.05, 3.63) is 36.5 Å². The van der Waals surface area contributed by atoms with Gasteiger partial charge in [-0.2, -0.15) is 0 Å². The van der Waals surface area contributed by atoms with E-state index in [0.717, 1.165) is 6.42 Å². The lowest BCUT2D eigenvalue weighted by Gasteiger charge is -1.91. The molecule has 0 unspecified atom stereocenters. The van der Waals surface area contributed by atoms with E-state index < -0.39 is 0 Å². The minimum absolute atomic E-state index is 0.0783. The molecular formula is C12H20O. The molecule has 0 aromatic heterocycles. The number of rotatable bonds is 4. The summed E-state index contributed by atoms with van der Waals surface area (Å²) < 4.78 is 0. The maximum absolute atomic E-state index is 10.9. The summed E-state index contributed by atoms with van der Waals surface area (Å²) in [4.78, 5) is 10.9. The highest BCUT2D eigenvalue weighted by molar-refractivity contribution is 5.96. The molecule has 1 nitrogen and oxygen atoms in total. The van der Waals surface area contributed by atoms with Crippen molar-refractivity contribution in [1.82, 2.24) is 0 Å². The number of Topliss-reactive ketones (excluding diaryl/α,β-unsaturated/α-hetero) is 1. The second-order valence-corrected chi connectivity index (χ2v) is 2.22. The van der Waals surface area contributed by atoms with Gasteiger partial charge in [0.1, 0.15) is 0 Å².